The van der Waals surface area contributed by atoms with Gasteiger partial charge in [-0.15, -0.1) is 11.3 Å². The van der Waals surface area contributed by atoms with E-state index in [1.165, 1.54) is 52.8 Å². The Balaban J connectivity index is 1.03. The Morgan fingerprint density at radius 3 is 1.60 bits per heavy atom. The van der Waals surface area contributed by atoms with Crippen molar-refractivity contribution in [1.82, 2.24) is 19.5 Å². The Labute approximate surface area is 350 Å². The van der Waals surface area contributed by atoms with E-state index in [2.05, 4.69) is 193 Å². The zero-order chi connectivity index (χ0) is 39.6. The molecule has 12 aromatic rings. The lowest BCUT2D eigenvalue weighted by Gasteiger charge is -2.17. The minimum absolute atomic E-state index is 0.615. The summed E-state index contributed by atoms with van der Waals surface area (Å²) in [4.78, 5) is 15.5. The monoisotopic (exact) mass is 782 g/mol. The van der Waals surface area contributed by atoms with E-state index in [1.54, 1.807) is 0 Å². The average Bonchev–Trinajstić information content (AvgIpc) is 3.87. The number of nitrogens with zero attached hydrogens (tertiary/aromatic N) is 4. The van der Waals surface area contributed by atoms with Gasteiger partial charge in [-0.3, -0.25) is 0 Å². The number of aromatic nitrogens is 4. The molecule has 0 fully saturated rings. The number of fused-ring (bicyclic) bond motifs is 7. The van der Waals surface area contributed by atoms with E-state index >= 15 is 0 Å². The third-order valence-corrected chi connectivity index (χ3v) is 12.8. The van der Waals surface area contributed by atoms with Crippen LogP contribution in [-0.2, 0) is 0 Å². The lowest BCUT2D eigenvalue weighted by molar-refractivity contribution is 1.07. The number of hydrogen-bond donors (Lipinski definition) is 0. The van der Waals surface area contributed by atoms with Crippen molar-refractivity contribution in [3.8, 4) is 62.1 Å². The number of para-hydroxylation sites is 2. The second kappa shape index (κ2) is 14.0. The van der Waals surface area contributed by atoms with Gasteiger partial charge >= 0.3 is 0 Å². The summed E-state index contributed by atoms with van der Waals surface area (Å²) in [6.07, 6.45) is 0. The van der Waals surface area contributed by atoms with Crippen LogP contribution < -0.4 is 0 Å². The molecule has 0 radical (unpaired) electrons. The molecule has 0 bridgehead atoms. The van der Waals surface area contributed by atoms with E-state index in [9.17, 15) is 0 Å². The van der Waals surface area contributed by atoms with Crippen molar-refractivity contribution in [1.29, 1.82) is 0 Å². The van der Waals surface area contributed by atoms with Crippen molar-refractivity contribution in [2.24, 2.45) is 0 Å². The lowest BCUT2D eigenvalue weighted by atomic mass is 9.95. The summed E-state index contributed by atoms with van der Waals surface area (Å²) in [5.74, 6) is 1.87. The maximum atomic E-state index is 5.24. The van der Waals surface area contributed by atoms with Gasteiger partial charge in [-0.2, -0.15) is 0 Å². The van der Waals surface area contributed by atoms with E-state index in [0.717, 1.165) is 44.5 Å². The van der Waals surface area contributed by atoms with Crippen LogP contribution in [0.15, 0.2) is 206 Å². The van der Waals surface area contributed by atoms with Crippen LogP contribution >= 0.6 is 11.3 Å². The van der Waals surface area contributed by atoms with E-state index in [-0.39, 0.29) is 0 Å². The summed E-state index contributed by atoms with van der Waals surface area (Å²) in [5, 5.41) is 7.44. The van der Waals surface area contributed by atoms with Crippen LogP contribution in [0.2, 0.25) is 0 Å². The fourth-order valence-corrected chi connectivity index (χ4v) is 9.94. The summed E-state index contributed by atoms with van der Waals surface area (Å²) < 4.78 is 5.00. The minimum Gasteiger partial charge on any atom is -0.309 e. The molecule has 0 aliphatic heterocycles. The SMILES string of the molecule is c1ccc(-c2nc(-c3ccc(-c4ccc5c(c4)sc4ccccc45)cc3)nc(-c3ccc(-c4cccc5ccccc45)c(-n4c5ccccc5c5ccccc54)c3)n2)cc1. The second-order valence-corrected chi connectivity index (χ2v) is 16.3. The first-order valence-corrected chi connectivity index (χ1v) is 21.0. The van der Waals surface area contributed by atoms with Crippen molar-refractivity contribution in [2.75, 3.05) is 0 Å². The van der Waals surface area contributed by atoms with E-state index < -0.39 is 0 Å². The Hall–Kier alpha value is -7.73. The van der Waals surface area contributed by atoms with Crippen molar-refractivity contribution in [3.63, 3.8) is 0 Å². The summed E-state index contributed by atoms with van der Waals surface area (Å²) in [6, 6.07) is 73.4. The number of rotatable bonds is 6. The molecule has 0 saturated carbocycles. The maximum absolute atomic E-state index is 5.24. The molecule has 4 nitrogen and oxygen atoms in total. The van der Waals surface area contributed by atoms with Gasteiger partial charge in [0.2, 0.25) is 0 Å². The summed E-state index contributed by atoms with van der Waals surface area (Å²) in [6.45, 7) is 0. The van der Waals surface area contributed by atoms with Gasteiger partial charge in [-0.25, -0.2) is 15.0 Å². The highest BCUT2D eigenvalue weighted by Gasteiger charge is 2.20. The molecule has 0 aliphatic carbocycles. The van der Waals surface area contributed by atoms with Crippen molar-refractivity contribution in [3.05, 3.63) is 206 Å². The van der Waals surface area contributed by atoms with Crippen LogP contribution in [0.5, 0.6) is 0 Å². The first-order valence-electron chi connectivity index (χ1n) is 20.2. The van der Waals surface area contributed by atoms with Crippen LogP contribution in [0.4, 0.5) is 0 Å². The van der Waals surface area contributed by atoms with Gasteiger partial charge in [0.15, 0.2) is 17.5 Å². The highest BCUT2D eigenvalue weighted by molar-refractivity contribution is 7.25. The highest BCUT2D eigenvalue weighted by atomic mass is 32.1. The number of hydrogen-bond acceptors (Lipinski definition) is 4. The van der Waals surface area contributed by atoms with Gasteiger partial charge < -0.3 is 4.57 Å². The van der Waals surface area contributed by atoms with E-state index in [4.69, 9.17) is 15.0 Å². The molecule has 0 saturated heterocycles. The quantitative estimate of drug-likeness (QED) is 0.169. The molecule has 0 atom stereocenters. The normalized spacial score (nSPS) is 11.7. The highest BCUT2D eigenvalue weighted by Crippen LogP contribution is 2.41. The average molecular weight is 783 g/mol. The maximum Gasteiger partial charge on any atom is 0.164 e. The first kappa shape index (κ1) is 34.3. The third-order valence-electron chi connectivity index (χ3n) is 11.7. The van der Waals surface area contributed by atoms with E-state index in [0.29, 0.717) is 17.5 Å². The standard InChI is InChI=1S/C55H34N4S/c1-2-14-37(15-3-1)53-56-54(38-27-25-35(26-28-38)39-29-32-47-46-20-8-11-24-51(46)60-52(47)34-39)58-55(57-53)40-30-31-45(42-21-12-16-36-13-4-5-17-41(36)42)50(33-40)59-48-22-9-6-18-43(48)44-19-7-10-23-49(44)59/h1-34H. The molecule has 0 unspecified atom stereocenters. The molecule has 12 rings (SSSR count). The molecule has 9 aromatic carbocycles. The van der Waals surface area contributed by atoms with E-state index in [1.807, 2.05) is 29.5 Å². The van der Waals surface area contributed by atoms with Gasteiger partial charge in [-0.1, -0.05) is 176 Å². The Kier molecular flexibility index (Phi) is 8.00. The van der Waals surface area contributed by atoms with Gasteiger partial charge in [0.1, 0.15) is 0 Å². The topological polar surface area (TPSA) is 43.6 Å². The fraction of sp³-hybridized carbons (Fsp3) is 0. The minimum atomic E-state index is 0.615. The Morgan fingerprint density at radius 2 is 0.850 bits per heavy atom. The fourth-order valence-electron chi connectivity index (χ4n) is 8.79. The van der Waals surface area contributed by atoms with Gasteiger partial charge in [0.05, 0.1) is 16.7 Å². The molecule has 0 aliphatic rings. The van der Waals surface area contributed by atoms with Crippen molar-refractivity contribution >= 4 is 64.1 Å². The molecular weight excluding hydrogens is 749 g/mol. The zero-order valence-corrected chi connectivity index (χ0v) is 33.1. The zero-order valence-electron chi connectivity index (χ0n) is 32.3. The smallest absolute Gasteiger partial charge is 0.164 e. The lowest BCUT2D eigenvalue weighted by Crippen LogP contribution is -2.02. The molecular formula is C55H34N4S. The Bertz CT molecular complexity index is 3540. The summed E-state index contributed by atoms with van der Waals surface area (Å²) >= 11 is 1.84. The molecule has 3 heterocycles. The summed E-state index contributed by atoms with van der Waals surface area (Å²) in [7, 11) is 0. The van der Waals surface area contributed by atoms with Crippen molar-refractivity contribution < 1.29 is 0 Å². The molecule has 60 heavy (non-hydrogen) atoms. The Morgan fingerprint density at radius 1 is 0.317 bits per heavy atom. The molecule has 0 N–H and O–H groups in total. The molecule has 5 heteroatoms. The second-order valence-electron chi connectivity index (χ2n) is 15.2. The van der Waals surface area contributed by atoms with Gasteiger partial charge in [-0.05, 0) is 57.8 Å². The van der Waals surface area contributed by atoms with Crippen LogP contribution in [0, 0.1) is 0 Å². The number of thiophene rings is 1. The molecule has 0 spiro atoms. The predicted molar refractivity (Wildman–Crippen MR) is 252 cm³/mol. The van der Waals surface area contributed by atoms with Crippen molar-refractivity contribution in [2.45, 2.75) is 0 Å². The van der Waals surface area contributed by atoms with Crippen LogP contribution in [-0.4, -0.2) is 19.5 Å². The number of benzene rings is 9. The van der Waals surface area contributed by atoms with Crippen LogP contribution in [0.25, 0.3) is 115 Å². The first-order chi connectivity index (χ1) is 29.7. The molecule has 0 amide bonds. The molecule has 280 valence electrons. The van der Waals surface area contributed by atoms with Gasteiger partial charge in [0.25, 0.3) is 0 Å². The predicted octanol–water partition coefficient (Wildman–Crippen LogP) is 14.8. The molecule has 3 aromatic heterocycles. The van der Waals surface area contributed by atoms with Gasteiger partial charge in [0, 0.05) is 53.2 Å². The van der Waals surface area contributed by atoms with Crippen LogP contribution in [0.1, 0.15) is 0 Å². The van der Waals surface area contributed by atoms with Crippen LogP contribution in [0.3, 0.4) is 0 Å². The summed E-state index contributed by atoms with van der Waals surface area (Å²) in [5.41, 5.74) is 10.8. The third kappa shape index (κ3) is 5.70. The largest absolute Gasteiger partial charge is 0.309 e.